The van der Waals surface area contributed by atoms with Crippen molar-refractivity contribution in [3.8, 4) is 0 Å². The van der Waals surface area contributed by atoms with Crippen LogP contribution in [0.4, 0.5) is 17.1 Å². The number of anilines is 3. The highest BCUT2D eigenvalue weighted by Crippen LogP contribution is 2.21. The molecule has 0 unspecified atom stereocenters. The van der Waals surface area contributed by atoms with E-state index in [-0.39, 0.29) is 12.5 Å². The number of amides is 1. The molecule has 0 fully saturated rings. The van der Waals surface area contributed by atoms with E-state index in [9.17, 15) is 9.59 Å². The summed E-state index contributed by atoms with van der Waals surface area (Å²) in [5, 5.41) is 5.91. The van der Waals surface area contributed by atoms with Crippen molar-refractivity contribution in [1.82, 2.24) is 0 Å². The number of nitrogens with one attached hydrogen (secondary N) is 2. The molecule has 0 aromatic heterocycles. The maximum atomic E-state index is 12.5. The molecule has 0 spiro atoms. The summed E-state index contributed by atoms with van der Waals surface area (Å²) in [4.78, 5) is 24.5. The van der Waals surface area contributed by atoms with Crippen LogP contribution in [0.1, 0.15) is 22.8 Å². The molecule has 0 heterocycles. The lowest BCUT2D eigenvalue weighted by molar-refractivity contribution is -0.119. The standard InChI is InChI=1S/C23H22N2O3/c1-2-17-12-14-19(15-13-17)25-22(26)16-28-23(27)20-10-6-7-11-21(20)24-18-8-4-3-5-9-18/h3-15,24H,2,16H2,1H3,(H,25,26). The van der Waals surface area contributed by atoms with E-state index < -0.39 is 5.97 Å². The number of hydrogen-bond acceptors (Lipinski definition) is 4. The molecule has 3 aromatic carbocycles. The third-order valence-electron chi connectivity index (χ3n) is 4.18. The minimum absolute atomic E-state index is 0.353. The molecule has 0 aliphatic rings. The van der Waals surface area contributed by atoms with Crippen molar-refractivity contribution in [3.05, 3.63) is 90.0 Å². The normalized spacial score (nSPS) is 10.2. The van der Waals surface area contributed by atoms with Crippen molar-refractivity contribution in [1.29, 1.82) is 0 Å². The van der Waals surface area contributed by atoms with Gasteiger partial charge >= 0.3 is 5.97 Å². The van der Waals surface area contributed by atoms with Crippen molar-refractivity contribution >= 4 is 28.9 Å². The molecule has 0 radical (unpaired) electrons. The van der Waals surface area contributed by atoms with Gasteiger partial charge in [0.25, 0.3) is 5.91 Å². The number of rotatable bonds is 7. The first kappa shape index (κ1) is 19.2. The summed E-state index contributed by atoms with van der Waals surface area (Å²) < 4.78 is 5.19. The first-order chi connectivity index (χ1) is 13.7. The predicted molar refractivity (Wildman–Crippen MR) is 111 cm³/mol. The molecule has 5 nitrogen and oxygen atoms in total. The summed E-state index contributed by atoms with van der Waals surface area (Å²) >= 11 is 0. The van der Waals surface area contributed by atoms with E-state index in [0.29, 0.717) is 16.9 Å². The highest BCUT2D eigenvalue weighted by atomic mass is 16.5. The quantitative estimate of drug-likeness (QED) is 0.584. The van der Waals surface area contributed by atoms with Gasteiger partial charge in [0.15, 0.2) is 6.61 Å². The smallest absolute Gasteiger partial charge is 0.340 e. The van der Waals surface area contributed by atoms with Gasteiger partial charge in [-0.25, -0.2) is 4.79 Å². The summed E-state index contributed by atoms with van der Waals surface area (Å²) in [5.74, 6) is -0.943. The number of esters is 1. The summed E-state index contributed by atoms with van der Waals surface area (Å²) in [7, 11) is 0. The maximum absolute atomic E-state index is 12.5. The summed E-state index contributed by atoms with van der Waals surface area (Å²) in [6, 6.07) is 24.1. The van der Waals surface area contributed by atoms with Crippen LogP contribution in [-0.4, -0.2) is 18.5 Å². The lowest BCUT2D eigenvalue weighted by Gasteiger charge is -2.12. The van der Waals surface area contributed by atoms with E-state index in [1.807, 2.05) is 60.7 Å². The van der Waals surface area contributed by atoms with Crippen LogP contribution >= 0.6 is 0 Å². The van der Waals surface area contributed by atoms with Crippen molar-refractivity contribution in [3.63, 3.8) is 0 Å². The molecule has 3 rings (SSSR count). The van der Waals surface area contributed by atoms with Crippen molar-refractivity contribution < 1.29 is 14.3 Å². The van der Waals surface area contributed by atoms with Gasteiger partial charge in [-0.2, -0.15) is 0 Å². The average Bonchev–Trinajstić information content (AvgIpc) is 2.74. The molecule has 0 saturated heterocycles. The Bertz CT molecular complexity index is 938. The first-order valence-corrected chi connectivity index (χ1v) is 9.12. The minimum atomic E-state index is -0.560. The monoisotopic (exact) mass is 374 g/mol. The van der Waals surface area contributed by atoms with Crippen LogP contribution in [0.3, 0.4) is 0 Å². The molecular weight excluding hydrogens is 352 g/mol. The molecule has 0 saturated carbocycles. The Morgan fingerprint density at radius 3 is 2.21 bits per heavy atom. The Labute approximate surface area is 164 Å². The molecule has 0 atom stereocenters. The van der Waals surface area contributed by atoms with Crippen molar-refractivity contribution in [2.75, 3.05) is 17.2 Å². The fourth-order valence-corrected chi connectivity index (χ4v) is 2.68. The summed E-state index contributed by atoms with van der Waals surface area (Å²) in [5.41, 5.74) is 3.70. The van der Waals surface area contributed by atoms with Gasteiger partial charge in [-0.05, 0) is 48.4 Å². The lowest BCUT2D eigenvalue weighted by atomic mass is 10.1. The van der Waals surface area contributed by atoms with Crippen LogP contribution in [-0.2, 0) is 16.0 Å². The van der Waals surface area contributed by atoms with E-state index in [0.717, 1.165) is 12.1 Å². The molecule has 142 valence electrons. The molecule has 1 amide bonds. The molecule has 0 aliphatic carbocycles. The Morgan fingerprint density at radius 1 is 0.821 bits per heavy atom. The Kier molecular flexibility index (Phi) is 6.41. The van der Waals surface area contributed by atoms with E-state index in [4.69, 9.17) is 4.74 Å². The Balaban J connectivity index is 1.59. The highest BCUT2D eigenvalue weighted by molar-refractivity contribution is 5.99. The van der Waals surface area contributed by atoms with Gasteiger partial charge in [0.2, 0.25) is 0 Å². The van der Waals surface area contributed by atoms with Crippen LogP contribution in [0, 0.1) is 0 Å². The fraction of sp³-hybridized carbons (Fsp3) is 0.130. The zero-order chi connectivity index (χ0) is 19.8. The number of carbonyl (C=O) groups excluding carboxylic acids is 2. The molecule has 28 heavy (non-hydrogen) atoms. The summed E-state index contributed by atoms with van der Waals surface area (Å²) in [6.07, 6.45) is 0.933. The maximum Gasteiger partial charge on any atom is 0.340 e. The Morgan fingerprint density at radius 2 is 1.50 bits per heavy atom. The number of para-hydroxylation sites is 2. The molecule has 0 aliphatic heterocycles. The highest BCUT2D eigenvalue weighted by Gasteiger charge is 2.14. The molecule has 5 heteroatoms. The second-order valence-corrected chi connectivity index (χ2v) is 6.21. The van der Waals surface area contributed by atoms with Crippen LogP contribution in [0.2, 0.25) is 0 Å². The van der Waals surface area contributed by atoms with E-state index in [1.54, 1.807) is 18.2 Å². The Hall–Kier alpha value is -3.60. The van der Waals surface area contributed by atoms with E-state index in [2.05, 4.69) is 17.6 Å². The van der Waals surface area contributed by atoms with E-state index >= 15 is 0 Å². The van der Waals surface area contributed by atoms with Crippen LogP contribution in [0.15, 0.2) is 78.9 Å². The topological polar surface area (TPSA) is 67.4 Å². The predicted octanol–water partition coefficient (Wildman–Crippen LogP) is 4.79. The van der Waals surface area contributed by atoms with Crippen LogP contribution < -0.4 is 10.6 Å². The molecular formula is C23H22N2O3. The van der Waals surface area contributed by atoms with Crippen molar-refractivity contribution in [2.45, 2.75) is 13.3 Å². The van der Waals surface area contributed by atoms with Gasteiger partial charge in [-0.3, -0.25) is 4.79 Å². The molecule has 0 bridgehead atoms. The number of carbonyl (C=O) groups is 2. The van der Waals surface area contributed by atoms with E-state index in [1.165, 1.54) is 5.56 Å². The number of benzene rings is 3. The fourth-order valence-electron chi connectivity index (χ4n) is 2.68. The molecule has 3 aromatic rings. The van der Waals surface area contributed by atoms with Gasteiger partial charge in [0.05, 0.1) is 11.3 Å². The number of ether oxygens (including phenoxy) is 1. The largest absolute Gasteiger partial charge is 0.452 e. The van der Waals surface area contributed by atoms with Gasteiger partial charge in [0, 0.05) is 11.4 Å². The second-order valence-electron chi connectivity index (χ2n) is 6.21. The zero-order valence-electron chi connectivity index (χ0n) is 15.6. The van der Waals surface area contributed by atoms with Crippen molar-refractivity contribution in [2.24, 2.45) is 0 Å². The minimum Gasteiger partial charge on any atom is -0.452 e. The van der Waals surface area contributed by atoms with Gasteiger partial charge in [-0.1, -0.05) is 49.4 Å². The lowest BCUT2D eigenvalue weighted by Crippen LogP contribution is -2.21. The third kappa shape index (κ3) is 5.20. The first-order valence-electron chi connectivity index (χ1n) is 9.12. The van der Waals surface area contributed by atoms with Crippen LogP contribution in [0.5, 0.6) is 0 Å². The van der Waals surface area contributed by atoms with Crippen LogP contribution in [0.25, 0.3) is 0 Å². The SMILES string of the molecule is CCc1ccc(NC(=O)COC(=O)c2ccccc2Nc2ccccc2)cc1. The summed E-state index contributed by atoms with van der Waals surface area (Å²) in [6.45, 7) is 1.71. The molecule has 2 N–H and O–H groups in total. The average molecular weight is 374 g/mol. The third-order valence-corrected chi connectivity index (χ3v) is 4.18. The number of hydrogen-bond donors (Lipinski definition) is 2. The second kappa shape index (κ2) is 9.37. The number of aryl methyl sites for hydroxylation is 1. The van der Waals surface area contributed by atoms with Gasteiger partial charge < -0.3 is 15.4 Å². The zero-order valence-corrected chi connectivity index (χ0v) is 15.6. The van der Waals surface area contributed by atoms with Gasteiger partial charge in [0.1, 0.15) is 0 Å². The van der Waals surface area contributed by atoms with Gasteiger partial charge in [-0.15, -0.1) is 0 Å².